The number of aromatic nitrogens is 2. The molecule has 196 valence electrons. The van der Waals surface area contributed by atoms with Crippen molar-refractivity contribution in [3.63, 3.8) is 0 Å². The third-order valence-corrected chi connectivity index (χ3v) is 6.21. The van der Waals surface area contributed by atoms with E-state index in [9.17, 15) is 18.0 Å². The highest BCUT2D eigenvalue weighted by Gasteiger charge is 2.17. The van der Waals surface area contributed by atoms with Crippen LogP contribution in [0.3, 0.4) is 0 Å². The number of hydrogen-bond donors (Lipinski definition) is 6. The number of carbonyl (C=O) groups is 2. The smallest absolute Gasteiger partial charge is 0.280 e. The number of nitrogen functional groups attached to an aromatic ring is 2. The van der Waals surface area contributed by atoms with Crippen molar-refractivity contribution in [2.24, 2.45) is 16.6 Å². The lowest BCUT2D eigenvalue weighted by molar-refractivity contribution is -0.122. The number of nitrogens with zero attached hydrogens (tertiary/aromatic N) is 3. The summed E-state index contributed by atoms with van der Waals surface area (Å²) in [5.74, 6) is -1.40. The fraction of sp³-hybridized carbons (Fsp3) is 0.381. The van der Waals surface area contributed by atoms with Gasteiger partial charge in [0.15, 0.2) is 28.4 Å². The molecule has 0 spiro atoms. The highest BCUT2D eigenvalue weighted by molar-refractivity contribution is 7.89. The summed E-state index contributed by atoms with van der Waals surface area (Å²) in [4.78, 5) is 37.6. The molecule has 2 aromatic rings. The number of nitrogens with one attached hydrogen (secondary N) is 3. The first-order chi connectivity index (χ1) is 16.9. The Hall–Kier alpha value is -3.49. The van der Waals surface area contributed by atoms with Crippen molar-refractivity contribution in [3.05, 3.63) is 40.7 Å². The molecule has 13 nitrogen and oxygen atoms in total. The summed E-state index contributed by atoms with van der Waals surface area (Å²) in [5.41, 5.74) is 19.8. The van der Waals surface area contributed by atoms with Gasteiger partial charge in [0, 0.05) is 13.0 Å². The number of unbranched alkanes of at least 4 members (excludes halogenated alkanes) is 1. The molecule has 1 aromatic heterocycles. The number of amides is 2. The molecule has 0 saturated carbocycles. The van der Waals surface area contributed by atoms with Crippen LogP contribution in [0.4, 0.5) is 11.6 Å². The van der Waals surface area contributed by atoms with E-state index in [1.807, 2.05) is 13.8 Å². The molecule has 0 aliphatic rings. The molecule has 0 saturated heterocycles. The molecule has 0 fully saturated rings. The highest BCUT2D eigenvalue weighted by Crippen LogP contribution is 2.17. The van der Waals surface area contributed by atoms with E-state index in [2.05, 4.69) is 30.5 Å². The molecule has 2 rings (SSSR count). The molecule has 0 aliphatic carbocycles. The summed E-state index contributed by atoms with van der Waals surface area (Å²) >= 11 is 5.76. The number of anilines is 2. The third kappa shape index (κ3) is 8.94. The average Bonchev–Trinajstić information content (AvgIpc) is 2.79. The van der Waals surface area contributed by atoms with Crippen LogP contribution in [0.5, 0.6) is 0 Å². The first kappa shape index (κ1) is 28.7. The van der Waals surface area contributed by atoms with E-state index >= 15 is 0 Å². The fourth-order valence-electron chi connectivity index (χ4n) is 2.90. The first-order valence-electron chi connectivity index (χ1n) is 11.0. The quantitative estimate of drug-likeness (QED) is 0.102. The van der Waals surface area contributed by atoms with Gasteiger partial charge in [-0.05, 0) is 42.9 Å². The van der Waals surface area contributed by atoms with Gasteiger partial charge in [0.25, 0.3) is 15.9 Å². The summed E-state index contributed by atoms with van der Waals surface area (Å²) in [7, 11) is -3.86. The zero-order chi connectivity index (χ0) is 26.9. The zero-order valence-corrected chi connectivity index (χ0v) is 21.5. The molecule has 0 bridgehead atoms. The van der Waals surface area contributed by atoms with Crippen LogP contribution in [-0.4, -0.2) is 42.7 Å². The van der Waals surface area contributed by atoms with Crippen LogP contribution >= 0.6 is 11.6 Å². The van der Waals surface area contributed by atoms with Crippen molar-refractivity contribution in [3.8, 4) is 0 Å². The molecule has 9 N–H and O–H groups in total. The monoisotopic (exact) mass is 539 g/mol. The SMILES string of the molecule is CC(C)CC(=O)NNS(=O)(=O)c1ccc(CCCCN=C(N)NC(=O)c2nc(Cl)c(N)nc2N)cc1. The van der Waals surface area contributed by atoms with E-state index in [4.69, 9.17) is 28.8 Å². The summed E-state index contributed by atoms with van der Waals surface area (Å²) in [6.07, 6.45) is 2.29. The molecular weight excluding hydrogens is 510 g/mol. The van der Waals surface area contributed by atoms with Crippen molar-refractivity contribution >= 4 is 51.0 Å². The van der Waals surface area contributed by atoms with Crippen molar-refractivity contribution in [1.82, 2.24) is 25.5 Å². The van der Waals surface area contributed by atoms with Gasteiger partial charge in [-0.2, -0.15) is 0 Å². The van der Waals surface area contributed by atoms with Crippen LogP contribution in [0.1, 0.15) is 49.2 Å². The number of aliphatic imine (C=N–C) groups is 1. The van der Waals surface area contributed by atoms with Gasteiger partial charge in [-0.15, -0.1) is 4.83 Å². The lowest BCUT2D eigenvalue weighted by atomic mass is 10.1. The van der Waals surface area contributed by atoms with Crippen molar-refractivity contribution < 1.29 is 18.0 Å². The Kier molecular flexibility index (Phi) is 10.4. The van der Waals surface area contributed by atoms with Crippen LogP contribution in [0.15, 0.2) is 34.2 Å². The summed E-state index contributed by atoms with van der Waals surface area (Å²) < 4.78 is 24.6. The molecule has 0 unspecified atom stereocenters. The Bertz CT molecular complexity index is 1220. The van der Waals surface area contributed by atoms with Gasteiger partial charge < -0.3 is 17.2 Å². The second-order valence-electron chi connectivity index (χ2n) is 8.21. The Morgan fingerprint density at radius 1 is 1.08 bits per heavy atom. The van der Waals surface area contributed by atoms with Crippen molar-refractivity contribution in [2.45, 2.75) is 44.4 Å². The number of guanidine groups is 1. The van der Waals surface area contributed by atoms with Crippen molar-refractivity contribution in [2.75, 3.05) is 18.0 Å². The third-order valence-electron chi connectivity index (χ3n) is 4.67. The predicted molar refractivity (Wildman–Crippen MR) is 137 cm³/mol. The van der Waals surface area contributed by atoms with Crippen LogP contribution < -0.4 is 32.8 Å². The van der Waals surface area contributed by atoms with E-state index in [1.165, 1.54) is 12.1 Å². The maximum atomic E-state index is 12.3. The number of hydrogen-bond acceptors (Lipinski definition) is 9. The molecule has 0 atom stereocenters. The van der Waals surface area contributed by atoms with Crippen LogP contribution in [-0.2, 0) is 21.2 Å². The van der Waals surface area contributed by atoms with Crippen LogP contribution in [0.25, 0.3) is 0 Å². The number of rotatable bonds is 11. The number of halogens is 1. The molecule has 15 heteroatoms. The molecular formula is C21H30ClN9O4S. The molecule has 2 amide bonds. The van der Waals surface area contributed by atoms with E-state index in [0.29, 0.717) is 19.4 Å². The standard InChI is InChI=1S/C21H30ClN9O4S/c1-12(2)11-15(32)30-31-36(34,35)14-8-6-13(7-9-14)5-3-4-10-26-21(25)29-20(33)16-18(23)28-19(24)17(22)27-16/h6-9,12,31H,3-5,10-11H2,1-2H3,(H,30,32)(H4,23,24,28)(H3,25,26,29,33). The van der Waals surface area contributed by atoms with Gasteiger partial charge in [-0.1, -0.05) is 37.6 Å². The summed E-state index contributed by atoms with van der Waals surface area (Å²) in [6, 6.07) is 6.34. The van der Waals surface area contributed by atoms with Gasteiger partial charge in [0.1, 0.15) is 0 Å². The van der Waals surface area contributed by atoms with E-state index in [0.717, 1.165) is 12.0 Å². The lowest BCUT2D eigenvalue weighted by Gasteiger charge is -2.10. The molecule has 0 radical (unpaired) electrons. The second-order valence-corrected chi connectivity index (χ2v) is 10.2. The van der Waals surface area contributed by atoms with E-state index in [1.54, 1.807) is 12.1 Å². The zero-order valence-electron chi connectivity index (χ0n) is 19.9. The minimum absolute atomic E-state index is 0.0388. The molecule has 1 aromatic carbocycles. The minimum atomic E-state index is -3.86. The lowest BCUT2D eigenvalue weighted by Crippen LogP contribution is -2.41. The Morgan fingerprint density at radius 2 is 1.75 bits per heavy atom. The molecule has 1 heterocycles. The van der Waals surface area contributed by atoms with Gasteiger partial charge >= 0.3 is 0 Å². The Labute approximate surface area is 214 Å². The first-order valence-corrected chi connectivity index (χ1v) is 12.8. The minimum Gasteiger partial charge on any atom is -0.382 e. The number of benzene rings is 1. The summed E-state index contributed by atoms with van der Waals surface area (Å²) in [5, 5.41) is 2.20. The fourth-order valence-corrected chi connectivity index (χ4v) is 3.89. The molecule has 36 heavy (non-hydrogen) atoms. The number of aryl methyl sites for hydroxylation is 1. The Balaban J connectivity index is 1.78. The van der Waals surface area contributed by atoms with E-state index in [-0.39, 0.29) is 45.7 Å². The predicted octanol–water partition coefficient (Wildman–Crippen LogP) is 0.717. The topological polar surface area (TPSA) is 221 Å². The van der Waals surface area contributed by atoms with Gasteiger partial charge in [-0.25, -0.2) is 18.4 Å². The molecule has 0 aliphatic heterocycles. The van der Waals surface area contributed by atoms with Gasteiger partial charge in [-0.3, -0.25) is 25.3 Å². The summed E-state index contributed by atoms with van der Waals surface area (Å²) in [6.45, 7) is 4.07. The van der Waals surface area contributed by atoms with Crippen LogP contribution in [0.2, 0.25) is 5.15 Å². The second kappa shape index (κ2) is 13.0. The normalized spacial score (nSPS) is 11.9. The Morgan fingerprint density at radius 3 is 2.39 bits per heavy atom. The number of sulfonamides is 1. The number of carbonyl (C=O) groups excluding carboxylic acids is 2. The van der Waals surface area contributed by atoms with Gasteiger partial charge in [0.2, 0.25) is 5.91 Å². The van der Waals surface area contributed by atoms with Crippen molar-refractivity contribution in [1.29, 1.82) is 0 Å². The highest BCUT2D eigenvalue weighted by atomic mass is 35.5. The van der Waals surface area contributed by atoms with E-state index < -0.39 is 21.8 Å². The number of nitrogens with two attached hydrogens (primary N) is 3. The largest absolute Gasteiger partial charge is 0.382 e. The maximum Gasteiger partial charge on any atom is 0.280 e. The van der Waals surface area contributed by atoms with Gasteiger partial charge in [0.05, 0.1) is 4.90 Å². The number of hydrazine groups is 1. The average molecular weight is 540 g/mol. The maximum absolute atomic E-state index is 12.3. The van der Waals surface area contributed by atoms with Crippen LogP contribution in [0, 0.1) is 5.92 Å².